The highest BCUT2D eigenvalue weighted by atomic mass is 16.3. The van der Waals surface area contributed by atoms with Gasteiger partial charge in [0.05, 0.1) is 17.7 Å². The van der Waals surface area contributed by atoms with Crippen molar-refractivity contribution < 1.29 is 9.21 Å². The van der Waals surface area contributed by atoms with E-state index in [4.69, 9.17) is 4.42 Å². The van der Waals surface area contributed by atoms with Gasteiger partial charge in [0.2, 0.25) is 5.91 Å². The first-order chi connectivity index (χ1) is 9.75. The van der Waals surface area contributed by atoms with Crippen molar-refractivity contribution in [3.63, 3.8) is 0 Å². The summed E-state index contributed by atoms with van der Waals surface area (Å²) in [7, 11) is 0. The topological polar surface area (TPSA) is 54.3 Å². The summed E-state index contributed by atoms with van der Waals surface area (Å²) in [4.78, 5) is 12.8. The van der Waals surface area contributed by atoms with Crippen molar-refractivity contribution >= 4 is 5.91 Å². The van der Waals surface area contributed by atoms with Crippen molar-refractivity contribution in [2.75, 3.05) is 13.1 Å². The van der Waals surface area contributed by atoms with Gasteiger partial charge in [-0.1, -0.05) is 6.92 Å². The second kappa shape index (κ2) is 5.60. The normalized spacial score (nSPS) is 24.9. The monoisotopic (exact) mass is 276 g/mol. The van der Waals surface area contributed by atoms with Crippen LogP contribution in [0, 0.1) is 5.41 Å². The molecule has 0 aromatic carbocycles. The van der Waals surface area contributed by atoms with Crippen LogP contribution in [0.4, 0.5) is 0 Å². The highest BCUT2D eigenvalue weighted by Gasteiger charge is 2.39. The summed E-state index contributed by atoms with van der Waals surface area (Å²) in [6.07, 6.45) is 7.67. The minimum absolute atomic E-state index is 0.142. The third-order valence-electron chi connectivity index (χ3n) is 5.08. The third-order valence-corrected chi connectivity index (χ3v) is 5.08. The summed E-state index contributed by atoms with van der Waals surface area (Å²) in [5, 5.41) is 6.64. The van der Waals surface area contributed by atoms with E-state index >= 15 is 0 Å². The van der Waals surface area contributed by atoms with Gasteiger partial charge in [0.1, 0.15) is 5.76 Å². The lowest BCUT2D eigenvalue weighted by atomic mass is 9.75. The maximum atomic E-state index is 12.8. The fourth-order valence-corrected chi connectivity index (χ4v) is 3.59. The molecule has 0 saturated carbocycles. The van der Waals surface area contributed by atoms with Crippen LogP contribution in [-0.2, 0) is 11.2 Å². The highest BCUT2D eigenvalue weighted by Crippen LogP contribution is 2.36. The van der Waals surface area contributed by atoms with E-state index in [9.17, 15) is 4.79 Å². The van der Waals surface area contributed by atoms with E-state index in [0.29, 0.717) is 0 Å². The van der Waals surface area contributed by atoms with Crippen LogP contribution in [0.1, 0.15) is 56.4 Å². The molecule has 2 aliphatic rings. The quantitative estimate of drug-likeness (QED) is 0.892. The zero-order chi connectivity index (χ0) is 14.0. The van der Waals surface area contributed by atoms with E-state index in [-0.39, 0.29) is 17.4 Å². The molecule has 2 N–H and O–H groups in total. The fraction of sp³-hybridized carbons (Fsp3) is 0.688. The molecule has 110 valence electrons. The SMILES string of the molecule is CCC1(C(=O)NC2CCCc3occc32)CCNCC1. The lowest BCUT2D eigenvalue weighted by Gasteiger charge is -2.37. The molecule has 1 unspecified atom stereocenters. The molecule has 1 saturated heterocycles. The molecule has 0 bridgehead atoms. The van der Waals surface area contributed by atoms with Gasteiger partial charge >= 0.3 is 0 Å². The van der Waals surface area contributed by atoms with Gasteiger partial charge in [-0.3, -0.25) is 4.79 Å². The van der Waals surface area contributed by atoms with Crippen molar-refractivity contribution in [1.82, 2.24) is 10.6 Å². The average molecular weight is 276 g/mol. The Balaban J connectivity index is 1.73. The Kier molecular flexibility index (Phi) is 3.83. The number of fused-ring (bicyclic) bond motifs is 1. The van der Waals surface area contributed by atoms with E-state index in [1.807, 2.05) is 6.07 Å². The standard InChI is InChI=1S/C16H24N2O2/c1-2-16(7-9-17-10-8-16)15(19)18-13-4-3-5-14-12(13)6-11-20-14/h6,11,13,17H,2-5,7-10H2,1H3,(H,18,19). The second-order valence-electron chi connectivity index (χ2n) is 6.10. The van der Waals surface area contributed by atoms with Crippen LogP contribution in [0.3, 0.4) is 0 Å². The van der Waals surface area contributed by atoms with E-state index in [0.717, 1.165) is 57.4 Å². The molecule has 0 spiro atoms. The van der Waals surface area contributed by atoms with Crippen LogP contribution < -0.4 is 10.6 Å². The number of furan rings is 1. The first-order valence-corrected chi connectivity index (χ1v) is 7.83. The lowest BCUT2D eigenvalue weighted by molar-refractivity contribution is -0.133. The smallest absolute Gasteiger partial charge is 0.226 e. The van der Waals surface area contributed by atoms with Crippen LogP contribution in [0.5, 0.6) is 0 Å². The molecule has 1 aromatic rings. The van der Waals surface area contributed by atoms with Crippen LogP contribution in [0.2, 0.25) is 0 Å². The number of amides is 1. The molecule has 2 heterocycles. The molecule has 1 amide bonds. The largest absolute Gasteiger partial charge is 0.469 e. The third kappa shape index (κ3) is 2.37. The second-order valence-corrected chi connectivity index (χ2v) is 6.10. The maximum absolute atomic E-state index is 12.8. The van der Waals surface area contributed by atoms with E-state index < -0.39 is 0 Å². The molecule has 1 aliphatic carbocycles. The first-order valence-electron chi connectivity index (χ1n) is 7.83. The fourth-order valence-electron chi connectivity index (χ4n) is 3.59. The number of piperidine rings is 1. The first kappa shape index (κ1) is 13.7. The maximum Gasteiger partial charge on any atom is 0.226 e. The Morgan fingerprint density at radius 1 is 1.50 bits per heavy atom. The van der Waals surface area contributed by atoms with Crippen LogP contribution in [0.15, 0.2) is 16.7 Å². The summed E-state index contributed by atoms with van der Waals surface area (Å²) >= 11 is 0. The summed E-state index contributed by atoms with van der Waals surface area (Å²) in [5.74, 6) is 1.29. The molecule has 4 heteroatoms. The minimum atomic E-state index is -0.174. The molecule has 1 aliphatic heterocycles. The van der Waals surface area contributed by atoms with Crippen molar-refractivity contribution in [3.05, 3.63) is 23.7 Å². The number of nitrogens with one attached hydrogen (secondary N) is 2. The lowest BCUT2D eigenvalue weighted by Crippen LogP contribution is -2.48. The zero-order valence-corrected chi connectivity index (χ0v) is 12.2. The van der Waals surface area contributed by atoms with Gasteiger partial charge < -0.3 is 15.1 Å². The van der Waals surface area contributed by atoms with Gasteiger partial charge in [-0.2, -0.15) is 0 Å². The molecular formula is C16H24N2O2. The number of aryl methyl sites for hydroxylation is 1. The Morgan fingerprint density at radius 2 is 2.30 bits per heavy atom. The van der Waals surface area contributed by atoms with Gasteiger partial charge in [0, 0.05) is 12.0 Å². The van der Waals surface area contributed by atoms with Gasteiger partial charge in [-0.25, -0.2) is 0 Å². The van der Waals surface area contributed by atoms with Gasteiger partial charge in [0.25, 0.3) is 0 Å². The number of hydrogen-bond acceptors (Lipinski definition) is 3. The van der Waals surface area contributed by atoms with Crippen LogP contribution in [0.25, 0.3) is 0 Å². The Bertz CT molecular complexity index is 475. The molecule has 0 radical (unpaired) electrons. The number of carbonyl (C=O) groups excluding carboxylic acids is 1. The summed E-state index contributed by atoms with van der Waals surface area (Å²) < 4.78 is 5.50. The molecule has 1 aromatic heterocycles. The molecule has 1 fully saturated rings. The van der Waals surface area contributed by atoms with E-state index in [1.54, 1.807) is 6.26 Å². The van der Waals surface area contributed by atoms with E-state index in [1.165, 1.54) is 5.56 Å². The van der Waals surface area contributed by atoms with Gasteiger partial charge in [-0.05, 0) is 51.3 Å². The predicted molar refractivity (Wildman–Crippen MR) is 77.4 cm³/mol. The van der Waals surface area contributed by atoms with Crippen molar-refractivity contribution in [3.8, 4) is 0 Å². The molecule has 3 rings (SSSR count). The highest BCUT2D eigenvalue weighted by molar-refractivity contribution is 5.83. The predicted octanol–water partition coefficient (Wildman–Crippen LogP) is 2.55. The molecular weight excluding hydrogens is 252 g/mol. The number of rotatable bonds is 3. The Labute approximate surface area is 120 Å². The molecule has 4 nitrogen and oxygen atoms in total. The van der Waals surface area contributed by atoms with Gasteiger partial charge in [0.15, 0.2) is 0 Å². The Morgan fingerprint density at radius 3 is 3.05 bits per heavy atom. The summed E-state index contributed by atoms with van der Waals surface area (Å²) in [5.41, 5.74) is 1.01. The summed E-state index contributed by atoms with van der Waals surface area (Å²) in [6.45, 7) is 4.03. The number of hydrogen-bond donors (Lipinski definition) is 2. The van der Waals surface area contributed by atoms with Crippen molar-refractivity contribution in [2.24, 2.45) is 5.41 Å². The van der Waals surface area contributed by atoms with Gasteiger partial charge in [-0.15, -0.1) is 0 Å². The zero-order valence-electron chi connectivity index (χ0n) is 12.2. The van der Waals surface area contributed by atoms with Crippen molar-refractivity contribution in [1.29, 1.82) is 0 Å². The van der Waals surface area contributed by atoms with Crippen LogP contribution >= 0.6 is 0 Å². The minimum Gasteiger partial charge on any atom is -0.469 e. The van der Waals surface area contributed by atoms with Crippen molar-refractivity contribution in [2.45, 2.75) is 51.5 Å². The average Bonchev–Trinajstić information content (AvgIpc) is 2.97. The Hall–Kier alpha value is -1.29. The number of carbonyl (C=O) groups is 1. The summed E-state index contributed by atoms with van der Waals surface area (Å²) in [6, 6.07) is 2.16. The molecule has 20 heavy (non-hydrogen) atoms. The van der Waals surface area contributed by atoms with E-state index in [2.05, 4.69) is 17.6 Å². The molecule has 1 atom stereocenters. The van der Waals surface area contributed by atoms with Crippen LogP contribution in [-0.4, -0.2) is 19.0 Å².